The van der Waals surface area contributed by atoms with Crippen LogP contribution in [0.25, 0.3) is 0 Å². The lowest BCUT2D eigenvalue weighted by atomic mass is 10.3. The molecule has 0 aliphatic rings. The van der Waals surface area contributed by atoms with Gasteiger partial charge in [-0.15, -0.1) is 35.3 Å². The van der Waals surface area contributed by atoms with Gasteiger partial charge >= 0.3 is 0 Å². The van der Waals surface area contributed by atoms with Gasteiger partial charge in [-0.1, -0.05) is 18.2 Å². The van der Waals surface area contributed by atoms with Gasteiger partial charge in [0.25, 0.3) is 0 Å². The van der Waals surface area contributed by atoms with E-state index in [0.717, 1.165) is 38.4 Å². The first-order chi connectivity index (χ1) is 8.86. The molecule has 5 heteroatoms. The maximum absolute atomic E-state index is 4.52. The van der Waals surface area contributed by atoms with E-state index in [-0.39, 0.29) is 24.0 Å². The van der Waals surface area contributed by atoms with Crippen LogP contribution in [0.15, 0.2) is 34.7 Å². The van der Waals surface area contributed by atoms with E-state index in [9.17, 15) is 0 Å². The fourth-order valence-electron chi connectivity index (χ4n) is 1.52. The molecule has 0 spiro atoms. The Kier molecular flexibility index (Phi) is 12.1. The van der Waals surface area contributed by atoms with Crippen LogP contribution in [0.4, 0.5) is 0 Å². The van der Waals surface area contributed by atoms with Crippen LogP contribution < -0.4 is 10.6 Å². The highest BCUT2D eigenvalue weighted by molar-refractivity contribution is 14.0. The zero-order chi connectivity index (χ0) is 13.1. The highest BCUT2D eigenvalue weighted by Crippen LogP contribution is 2.07. The van der Waals surface area contributed by atoms with E-state index in [0.29, 0.717) is 0 Å². The predicted octanol–water partition coefficient (Wildman–Crippen LogP) is 3.43. The number of nitrogens with one attached hydrogen (secondary N) is 2. The first kappa shape index (κ1) is 18.4. The minimum Gasteiger partial charge on any atom is -0.357 e. The van der Waals surface area contributed by atoms with E-state index in [1.807, 2.05) is 6.92 Å². The SMILES string of the molecule is CC=CCCN=C(NCC)NCCc1cccs1.I. The van der Waals surface area contributed by atoms with Gasteiger partial charge in [0.1, 0.15) is 0 Å². The minimum atomic E-state index is 0. The summed E-state index contributed by atoms with van der Waals surface area (Å²) in [6.45, 7) is 6.78. The summed E-state index contributed by atoms with van der Waals surface area (Å²) in [6.07, 6.45) is 6.25. The van der Waals surface area contributed by atoms with Gasteiger partial charge in [-0.2, -0.15) is 0 Å². The van der Waals surface area contributed by atoms with Gasteiger partial charge < -0.3 is 10.6 Å². The van der Waals surface area contributed by atoms with Gasteiger partial charge in [0.2, 0.25) is 0 Å². The second-order valence-electron chi connectivity index (χ2n) is 3.87. The Morgan fingerprint density at radius 3 is 2.89 bits per heavy atom. The van der Waals surface area contributed by atoms with Crippen LogP contribution in [0.3, 0.4) is 0 Å². The summed E-state index contributed by atoms with van der Waals surface area (Å²) >= 11 is 1.80. The maximum atomic E-state index is 4.52. The highest BCUT2D eigenvalue weighted by atomic mass is 127. The first-order valence-corrected chi connectivity index (χ1v) is 7.40. The van der Waals surface area contributed by atoms with Crippen molar-refractivity contribution in [2.75, 3.05) is 19.6 Å². The molecule has 1 aromatic rings. The number of hydrogen-bond acceptors (Lipinski definition) is 2. The van der Waals surface area contributed by atoms with Crippen molar-refractivity contribution < 1.29 is 0 Å². The molecular weight excluding hydrogens is 369 g/mol. The molecule has 0 atom stereocenters. The van der Waals surface area contributed by atoms with Crippen molar-refractivity contribution in [2.45, 2.75) is 26.7 Å². The highest BCUT2D eigenvalue weighted by Gasteiger charge is 1.97. The topological polar surface area (TPSA) is 36.4 Å². The van der Waals surface area contributed by atoms with E-state index in [2.05, 4.69) is 52.2 Å². The molecule has 0 fully saturated rings. The van der Waals surface area contributed by atoms with E-state index in [1.165, 1.54) is 4.88 Å². The fourth-order valence-corrected chi connectivity index (χ4v) is 2.23. The summed E-state index contributed by atoms with van der Waals surface area (Å²) in [5.74, 6) is 0.915. The second kappa shape index (κ2) is 12.5. The number of nitrogens with zero attached hydrogens (tertiary/aromatic N) is 1. The molecule has 0 aliphatic carbocycles. The predicted molar refractivity (Wildman–Crippen MR) is 96.9 cm³/mol. The van der Waals surface area contributed by atoms with E-state index in [4.69, 9.17) is 0 Å². The average molecular weight is 393 g/mol. The molecule has 0 unspecified atom stereocenters. The minimum absolute atomic E-state index is 0. The fraction of sp³-hybridized carbons (Fsp3) is 0.500. The Morgan fingerprint density at radius 2 is 2.26 bits per heavy atom. The molecule has 19 heavy (non-hydrogen) atoms. The Hall–Kier alpha value is -0.560. The number of rotatable bonds is 7. The molecule has 1 heterocycles. The number of halogens is 1. The van der Waals surface area contributed by atoms with Gasteiger partial charge in [-0.25, -0.2) is 0 Å². The summed E-state index contributed by atoms with van der Waals surface area (Å²) in [5.41, 5.74) is 0. The van der Waals surface area contributed by atoms with E-state index < -0.39 is 0 Å². The Bertz CT molecular complexity index is 361. The molecule has 0 bridgehead atoms. The van der Waals surface area contributed by atoms with Crippen LogP contribution in [0, 0.1) is 0 Å². The molecule has 0 saturated carbocycles. The van der Waals surface area contributed by atoms with Crippen LogP contribution in [-0.2, 0) is 6.42 Å². The Labute approximate surface area is 137 Å². The lowest BCUT2D eigenvalue weighted by Gasteiger charge is -2.10. The molecule has 1 aromatic heterocycles. The molecule has 1 rings (SSSR count). The summed E-state index contributed by atoms with van der Waals surface area (Å²) in [6, 6.07) is 4.26. The molecule has 0 amide bonds. The van der Waals surface area contributed by atoms with Crippen LogP contribution in [-0.4, -0.2) is 25.6 Å². The van der Waals surface area contributed by atoms with Crippen LogP contribution >= 0.6 is 35.3 Å². The first-order valence-electron chi connectivity index (χ1n) is 6.52. The van der Waals surface area contributed by atoms with Gasteiger partial charge in [0.15, 0.2) is 5.96 Å². The van der Waals surface area contributed by atoms with E-state index in [1.54, 1.807) is 11.3 Å². The van der Waals surface area contributed by atoms with Crippen molar-refractivity contribution >= 4 is 41.3 Å². The standard InChI is InChI=1S/C14H23N3S.HI/c1-3-5-6-10-16-14(15-4-2)17-11-9-13-8-7-12-18-13;/h3,5,7-8,12H,4,6,9-11H2,1-2H3,(H2,15,16,17);1H. The summed E-state index contributed by atoms with van der Waals surface area (Å²) in [7, 11) is 0. The van der Waals surface area contributed by atoms with Crippen molar-refractivity contribution in [3.8, 4) is 0 Å². The number of thiophene rings is 1. The molecule has 0 saturated heterocycles. The van der Waals surface area contributed by atoms with E-state index >= 15 is 0 Å². The van der Waals surface area contributed by atoms with Crippen molar-refractivity contribution in [1.29, 1.82) is 0 Å². The number of guanidine groups is 1. The molecule has 0 aromatic carbocycles. The maximum Gasteiger partial charge on any atom is 0.191 e. The Morgan fingerprint density at radius 1 is 1.42 bits per heavy atom. The zero-order valence-corrected chi connectivity index (χ0v) is 14.8. The summed E-state index contributed by atoms with van der Waals surface area (Å²) in [5, 5.41) is 8.73. The third-order valence-electron chi connectivity index (χ3n) is 2.39. The smallest absolute Gasteiger partial charge is 0.191 e. The largest absolute Gasteiger partial charge is 0.357 e. The average Bonchev–Trinajstić information content (AvgIpc) is 2.87. The normalized spacial score (nSPS) is 11.4. The number of hydrogen-bond donors (Lipinski definition) is 2. The van der Waals surface area contributed by atoms with Crippen molar-refractivity contribution in [2.24, 2.45) is 4.99 Å². The molecule has 3 nitrogen and oxygen atoms in total. The van der Waals surface area contributed by atoms with Crippen molar-refractivity contribution in [3.05, 3.63) is 34.5 Å². The molecule has 0 radical (unpaired) electrons. The Balaban J connectivity index is 0.00000324. The molecule has 2 N–H and O–H groups in total. The van der Waals surface area contributed by atoms with Crippen LogP contribution in [0.2, 0.25) is 0 Å². The third-order valence-corrected chi connectivity index (χ3v) is 3.33. The number of allylic oxidation sites excluding steroid dienone is 1. The lowest BCUT2D eigenvalue weighted by molar-refractivity contribution is 0.803. The molecular formula is C14H24IN3S. The summed E-state index contributed by atoms with van der Waals surface area (Å²) < 4.78 is 0. The van der Waals surface area contributed by atoms with Gasteiger partial charge in [0, 0.05) is 24.5 Å². The number of aliphatic imine (C=N–C) groups is 1. The second-order valence-corrected chi connectivity index (χ2v) is 4.91. The quantitative estimate of drug-likeness (QED) is 0.245. The third kappa shape index (κ3) is 9.04. The monoisotopic (exact) mass is 393 g/mol. The van der Waals surface area contributed by atoms with Crippen molar-refractivity contribution in [3.63, 3.8) is 0 Å². The lowest BCUT2D eigenvalue weighted by Crippen LogP contribution is -2.38. The van der Waals surface area contributed by atoms with Crippen LogP contribution in [0.5, 0.6) is 0 Å². The van der Waals surface area contributed by atoms with Gasteiger partial charge in [0.05, 0.1) is 0 Å². The van der Waals surface area contributed by atoms with Gasteiger partial charge in [-0.3, -0.25) is 4.99 Å². The summed E-state index contributed by atoms with van der Waals surface area (Å²) in [4.78, 5) is 5.93. The van der Waals surface area contributed by atoms with Gasteiger partial charge in [-0.05, 0) is 38.1 Å². The van der Waals surface area contributed by atoms with Crippen LogP contribution in [0.1, 0.15) is 25.1 Å². The molecule has 108 valence electrons. The molecule has 0 aliphatic heterocycles. The van der Waals surface area contributed by atoms with Crippen molar-refractivity contribution in [1.82, 2.24) is 10.6 Å². The zero-order valence-electron chi connectivity index (χ0n) is 11.7.